The van der Waals surface area contributed by atoms with Gasteiger partial charge in [-0.15, -0.1) is 12.8 Å². The monoisotopic (exact) mass is 553 g/mol. The summed E-state index contributed by atoms with van der Waals surface area (Å²) in [6.07, 6.45) is 19.8. The average Bonchev–Trinajstić information content (AvgIpc) is 3.23. The molecule has 0 bridgehead atoms. The quantitative estimate of drug-likeness (QED) is 0.259. The lowest BCUT2D eigenvalue weighted by atomic mass is 9.56. The first-order valence-corrected chi connectivity index (χ1v) is 13.1. The second-order valence-electron chi connectivity index (χ2n) is 10.6. The molecule has 40 heavy (non-hydrogen) atoms. The van der Waals surface area contributed by atoms with E-state index < -0.39 is 28.6 Å². The number of hydrogen-bond acceptors (Lipinski definition) is 8. The van der Waals surface area contributed by atoms with Gasteiger partial charge in [-0.25, -0.2) is 4.79 Å². The van der Waals surface area contributed by atoms with Crippen LogP contribution in [0.4, 0.5) is 0 Å². The zero-order valence-electron chi connectivity index (χ0n) is 23.8. The number of nitrogens with one attached hydrogen (secondary N) is 1. The molecule has 0 radical (unpaired) electrons. The molecule has 9 heteroatoms. The van der Waals surface area contributed by atoms with Crippen LogP contribution >= 0.6 is 0 Å². The number of cyclic esters (lactones) is 1. The summed E-state index contributed by atoms with van der Waals surface area (Å²) in [4.78, 5) is 47.7. The van der Waals surface area contributed by atoms with Crippen molar-refractivity contribution in [1.82, 2.24) is 5.32 Å². The van der Waals surface area contributed by atoms with Crippen molar-refractivity contribution in [3.05, 3.63) is 58.2 Å². The highest BCUT2D eigenvalue weighted by Crippen LogP contribution is 2.60. The number of ether oxygens (including phenoxy) is 2. The first-order chi connectivity index (χ1) is 18.9. The van der Waals surface area contributed by atoms with Gasteiger partial charge in [0.2, 0.25) is 5.78 Å². The number of rotatable bonds is 2. The second-order valence-corrected chi connectivity index (χ2v) is 10.6. The van der Waals surface area contributed by atoms with Gasteiger partial charge in [-0.1, -0.05) is 19.1 Å². The summed E-state index contributed by atoms with van der Waals surface area (Å²) in [6, 6.07) is 0. The Morgan fingerprint density at radius 2 is 1.80 bits per heavy atom. The lowest BCUT2D eigenvalue weighted by molar-refractivity contribution is -0.143. The Morgan fingerprint density at radius 1 is 1.18 bits per heavy atom. The smallest absolute Gasteiger partial charge is 0.340 e. The van der Waals surface area contributed by atoms with Crippen LogP contribution in [0.1, 0.15) is 59.3 Å². The molecule has 1 saturated carbocycles. The molecule has 0 amide bonds. The fraction of sp³-hybridized carbons (Fsp3) is 0.484. The molecular weight excluding hydrogens is 514 g/mol. The fourth-order valence-corrected chi connectivity index (χ4v) is 6.08. The number of allylic oxidation sites excluding steroid dienone is 4. The third kappa shape index (κ3) is 6.13. The SMILES string of the molecule is C#C.CC(=O)O.CC12COC(=O)/C(=C/NC3=CCCC=C3)C1=C(O)C(=O)C1=C2CCC2(C)C(=O)CCC12.COC. The lowest BCUT2D eigenvalue weighted by Gasteiger charge is -2.48. The van der Waals surface area contributed by atoms with Gasteiger partial charge in [0.05, 0.1) is 11.0 Å². The van der Waals surface area contributed by atoms with E-state index in [4.69, 9.17) is 14.6 Å². The van der Waals surface area contributed by atoms with E-state index in [1.807, 2.05) is 32.1 Å². The van der Waals surface area contributed by atoms with E-state index >= 15 is 0 Å². The van der Waals surface area contributed by atoms with Gasteiger partial charge in [-0.05, 0) is 50.7 Å². The molecule has 0 aromatic rings. The second kappa shape index (κ2) is 13.4. The van der Waals surface area contributed by atoms with Gasteiger partial charge in [0.25, 0.3) is 5.97 Å². The van der Waals surface area contributed by atoms with Crippen LogP contribution in [0.15, 0.2) is 58.2 Å². The highest BCUT2D eigenvalue weighted by Gasteiger charge is 2.58. The van der Waals surface area contributed by atoms with Crippen molar-refractivity contribution >= 4 is 23.5 Å². The molecule has 1 heterocycles. The maximum absolute atomic E-state index is 13.4. The molecule has 3 N–H and O–H groups in total. The molecule has 0 aromatic heterocycles. The molecule has 0 spiro atoms. The van der Waals surface area contributed by atoms with Crippen LogP contribution in [0.5, 0.6) is 0 Å². The maximum atomic E-state index is 13.4. The van der Waals surface area contributed by atoms with Crippen LogP contribution < -0.4 is 5.32 Å². The van der Waals surface area contributed by atoms with Gasteiger partial charge < -0.3 is 25.0 Å². The topological polar surface area (TPSA) is 139 Å². The van der Waals surface area contributed by atoms with E-state index in [9.17, 15) is 19.5 Å². The van der Waals surface area contributed by atoms with Gasteiger partial charge >= 0.3 is 5.97 Å². The van der Waals surface area contributed by atoms with Crippen LogP contribution in [0.3, 0.4) is 0 Å². The summed E-state index contributed by atoms with van der Waals surface area (Å²) in [6.45, 7) is 5.04. The minimum atomic E-state index is -0.833. The number of carboxylic acids is 1. The zero-order chi connectivity index (χ0) is 30.3. The number of hydrogen-bond donors (Lipinski definition) is 3. The number of carboxylic acid groups (broad SMARTS) is 1. The molecule has 5 rings (SSSR count). The Kier molecular flexibility index (Phi) is 10.9. The van der Waals surface area contributed by atoms with Crippen LogP contribution in [0, 0.1) is 29.6 Å². The number of terminal acetylenes is 1. The largest absolute Gasteiger partial charge is 0.504 e. The molecule has 3 atom stereocenters. The van der Waals surface area contributed by atoms with Crippen molar-refractivity contribution in [3.63, 3.8) is 0 Å². The summed E-state index contributed by atoms with van der Waals surface area (Å²) in [7, 11) is 3.25. The Bertz CT molecular complexity index is 1230. The van der Waals surface area contributed by atoms with E-state index in [-0.39, 0.29) is 29.6 Å². The van der Waals surface area contributed by atoms with Crippen LogP contribution in [-0.4, -0.2) is 54.5 Å². The fourth-order valence-electron chi connectivity index (χ4n) is 6.08. The lowest BCUT2D eigenvalue weighted by Crippen LogP contribution is -2.47. The summed E-state index contributed by atoms with van der Waals surface area (Å²) < 4.78 is 9.80. The number of aliphatic hydroxyl groups is 1. The van der Waals surface area contributed by atoms with Crippen molar-refractivity contribution < 1.29 is 38.9 Å². The van der Waals surface area contributed by atoms with Crippen molar-refractivity contribution in [2.24, 2.45) is 16.7 Å². The highest BCUT2D eigenvalue weighted by atomic mass is 16.5. The number of aliphatic hydroxyl groups excluding tert-OH is 1. The van der Waals surface area contributed by atoms with E-state index in [1.165, 1.54) is 6.20 Å². The summed E-state index contributed by atoms with van der Waals surface area (Å²) in [5.74, 6) is -2.20. The number of carbonyl (C=O) groups is 4. The molecule has 1 saturated heterocycles. The Hall–Kier alpha value is -3.90. The van der Waals surface area contributed by atoms with Crippen molar-refractivity contribution in [3.8, 4) is 12.8 Å². The third-order valence-electron chi connectivity index (χ3n) is 7.91. The van der Waals surface area contributed by atoms with Gasteiger partial charge in [0.1, 0.15) is 12.4 Å². The molecule has 2 fully saturated rings. The summed E-state index contributed by atoms with van der Waals surface area (Å²) in [5.41, 5.74) is 1.55. The molecule has 3 unspecified atom stereocenters. The maximum Gasteiger partial charge on any atom is 0.340 e. The van der Waals surface area contributed by atoms with Crippen molar-refractivity contribution in [2.45, 2.75) is 59.3 Å². The predicted octanol–water partition coefficient (Wildman–Crippen LogP) is 4.33. The highest BCUT2D eigenvalue weighted by molar-refractivity contribution is 6.13. The average molecular weight is 554 g/mol. The van der Waals surface area contributed by atoms with E-state index in [2.05, 4.69) is 22.9 Å². The minimum Gasteiger partial charge on any atom is -0.504 e. The summed E-state index contributed by atoms with van der Waals surface area (Å²) in [5, 5.41) is 21.6. The van der Waals surface area contributed by atoms with Gasteiger partial charge in [0.15, 0.2) is 5.76 Å². The number of carbonyl (C=O) groups excluding carboxylic acids is 3. The zero-order valence-corrected chi connectivity index (χ0v) is 23.8. The molecule has 0 aromatic carbocycles. The molecule has 5 aliphatic rings. The van der Waals surface area contributed by atoms with Crippen LogP contribution in [-0.2, 0) is 28.7 Å². The van der Waals surface area contributed by atoms with E-state index in [0.717, 1.165) is 31.0 Å². The van der Waals surface area contributed by atoms with Crippen molar-refractivity contribution in [2.75, 3.05) is 20.8 Å². The van der Waals surface area contributed by atoms with Gasteiger partial charge in [0, 0.05) is 61.9 Å². The van der Waals surface area contributed by atoms with Gasteiger partial charge in [-0.3, -0.25) is 14.4 Å². The Morgan fingerprint density at radius 3 is 2.38 bits per heavy atom. The van der Waals surface area contributed by atoms with Crippen molar-refractivity contribution in [1.29, 1.82) is 0 Å². The number of aliphatic carboxylic acids is 1. The predicted molar refractivity (Wildman–Crippen MR) is 150 cm³/mol. The normalized spacial score (nSPS) is 29.2. The number of ketones is 2. The third-order valence-corrected chi connectivity index (χ3v) is 7.91. The minimum absolute atomic E-state index is 0.0780. The molecule has 9 nitrogen and oxygen atoms in total. The number of methoxy groups -OCH3 is 1. The van der Waals surface area contributed by atoms with Crippen LogP contribution in [0.25, 0.3) is 0 Å². The molecule has 4 aliphatic carbocycles. The standard InChI is InChI=1S/C25H27NO5.C2H4O2.C2H6O.C2H2/c1-24-11-10-17-19(16(24)8-9-18(24)27)21(28)22(29)20-15(23(30)31-13-25(17,20)2)12-26-14-6-4-3-5-7-14;1-2(3)4;1-3-2;1-2/h4,6-7,12,16,26,29H,3,5,8-11,13H2,1-2H3;1H3,(H,3,4);1-2H3;1-2H/b15-12+;;;. The molecule has 216 valence electrons. The molecule has 1 aliphatic heterocycles. The number of fused-ring (bicyclic) bond motifs is 4. The number of esters is 1. The van der Waals surface area contributed by atoms with Gasteiger partial charge in [-0.2, -0.15) is 0 Å². The van der Waals surface area contributed by atoms with Crippen LogP contribution in [0.2, 0.25) is 0 Å². The molecular formula is C31H39NO8. The first kappa shape index (κ1) is 32.3. The number of Topliss-reactive ketones (excluding diaryl/α,β-unsaturated/α-hetero) is 2. The Balaban J connectivity index is 0.000000554. The van der Waals surface area contributed by atoms with E-state index in [0.29, 0.717) is 36.8 Å². The Labute approximate surface area is 235 Å². The first-order valence-electron chi connectivity index (χ1n) is 13.1. The van der Waals surface area contributed by atoms with E-state index in [1.54, 1.807) is 14.2 Å². The summed E-state index contributed by atoms with van der Waals surface area (Å²) >= 11 is 0.